The molecule has 1 aromatic carbocycles. The van der Waals surface area contributed by atoms with E-state index in [1.54, 1.807) is 0 Å². The topological polar surface area (TPSA) is 25.2 Å². The van der Waals surface area contributed by atoms with Crippen molar-refractivity contribution in [1.82, 2.24) is 5.32 Å². The maximum Gasteiger partial charge on any atom is 0.137 e. The van der Waals surface area contributed by atoms with Gasteiger partial charge in [-0.05, 0) is 50.3 Å². The highest BCUT2D eigenvalue weighted by atomic mass is 16.3. The van der Waals surface area contributed by atoms with Crippen LogP contribution in [0.25, 0.3) is 11.0 Å². The van der Waals surface area contributed by atoms with E-state index in [9.17, 15) is 0 Å². The minimum Gasteiger partial charge on any atom is -0.459 e. The number of rotatable bonds is 3. The Kier molecular flexibility index (Phi) is 3.84. The van der Waals surface area contributed by atoms with E-state index in [1.165, 1.54) is 36.6 Å². The normalized spacial score (nSPS) is 24.9. The summed E-state index contributed by atoms with van der Waals surface area (Å²) in [6, 6.07) is 8.95. The van der Waals surface area contributed by atoms with Gasteiger partial charge in [0.25, 0.3) is 0 Å². The first kappa shape index (κ1) is 13.7. The van der Waals surface area contributed by atoms with Crippen LogP contribution >= 0.6 is 0 Å². The van der Waals surface area contributed by atoms with Crippen molar-refractivity contribution in [3.8, 4) is 0 Å². The van der Waals surface area contributed by atoms with Crippen molar-refractivity contribution >= 4 is 11.0 Å². The van der Waals surface area contributed by atoms with Crippen LogP contribution < -0.4 is 5.32 Å². The van der Waals surface area contributed by atoms with E-state index in [0.29, 0.717) is 12.0 Å². The molecule has 0 amide bonds. The molecule has 0 spiro atoms. The van der Waals surface area contributed by atoms with Crippen LogP contribution in [0.2, 0.25) is 0 Å². The molecule has 1 aromatic heterocycles. The van der Waals surface area contributed by atoms with Gasteiger partial charge >= 0.3 is 0 Å². The van der Waals surface area contributed by atoms with Gasteiger partial charge in [-0.1, -0.05) is 38.0 Å². The summed E-state index contributed by atoms with van der Waals surface area (Å²) in [5.41, 5.74) is 2.27. The molecule has 0 radical (unpaired) electrons. The lowest BCUT2D eigenvalue weighted by Gasteiger charge is -2.31. The predicted molar refractivity (Wildman–Crippen MR) is 83.9 cm³/mol. The molecule has 0 aliphatic heterocycles. The average molecular weight is 271 g/mol. The third-order valence-corrected chi connectivity index (χ3v) is 4.91. The molecule has 1 atom stereocenters. The third-order valence-electron chi connectivity index (χ3n) is 4.91. The number of furan rings is 1. The molecule has 20 heavy (non-hydrogen) atoms. The van der Waals surface area contributed by atoms with Crippen molar-refractivity contribution in [3.63, 3.8) is 0 Å². The highest BCUT2D eigenvalue weighted by Crippen LogP contribution is 2.38. The summed E-state index contributed by atoms with van der Waals surface area (Å²) in [4.78, 5) is 0. The highest BCUT2D eigenvalue weighted by molar-refractivity contribution is 5.81. The fraction of sp³-hybridized carbons (Fsp3) is 0.556. The number of hydrogen-bond acceptors (Lipinski definition) is 2. The Labute approximate surface area is 121 Å². The Balaban J connectivity index is 1.89. The molecule has 1 fully saturated rings. The molecular formula is C18H25NO. The fourth-order valence-electron chi connectivity index (χ4n) is 3.61. The second-order valence-corrected chi connectivity index (χ2v) is 6.43. The summed E-state index contributed by atoms with van der Waals surface area (Å²) in [5.74, 6) is 2.70. The monoisotopic (exact) mass is 271 g/mol. The van der Waals surface area contributed by atoms with E-state index in [4.69, 9.17) is 4.42 Å². The van der Waals surface area contributed by atoms with Crippen LogP contribution in [0.3, 0.4) is 0 Å². The van der Waals surface area contributed by atoms with Crippen LogP contribution in [0, 0.1) is 18.8 Å². The van der Waals surface area contributed by atoms with Gasteiger partial charge in [0.1, 0.15) is 11.3 Å². The molecule has 2 heteroatoms. The molecule has 2 nitrogen and oxygen atoms in total. The van der Waals surface area contributed by atoms with E-state index >= 15 is 0 Å². The van der Waals surface area contributed by atoms with Crippen LogP contribution in [-0.2, 0) is 0 Å². The van der Waals surface area contributed by atoms with E-state index in [-0.39, 0.29) is 0 Å². The van der Waals surface area contributed by atoms with Gasteiger partial charge < -0.3 is 9.73 Å². The Bertz CT molecular complexity index is 578. The SMILES string of the molecule is CNC(c1cc2cccc(C)c2o1)C1CCC(C)CC1. The minimum atomic E-state index is 0.356. The second kappa shape index (κ2) is 5.61. The van der Waals surface area contributed by atoms with Crippen LogP contribution in [0.15, 0.2) is 28.7 Å². The molecule has 108 valence electrons. The lowest BCUT2D eigenvalue weighted by atomic mass is 9.78. The lowest BCUT2D eigenvalue weighted by molar-refractivity contribution is 0.221. The second-order valence-electron chi connectivity index (χ2n) is 6.43. The molecule has 1 N–H and O–H groups in total. The Morgan fingerprint density at radius 3 is 2.60 bits per heavy atom. The van der Waals surface area contributed by atoms with Gasteiger partial charge in [0.15, 0.2) is 0 Å². The number of aryl methyl sites for hydroxylation is 1. The summed E-state index contributed by atoms with van der Waals surface area (Å²) >= 11 is 0. The Morgan fingerprint density at radius 2 is 1.95 bits per heavy atom. The van der Waals surface area contributed by atoms with Gasteiger partial charge in [0, 0.05) is 5.39 Å². The van der Waals surface area contributed by atoms with Gasteiger partial charge in [-0.3, -0.25) is 0 Å². The number of fused-ring (bicyclic) bond motifs is 1. The average Bonchev–Trinajstić information content (AvgIpc) is 2.87. The lowest BCUT2D eigenvalue weighted by Crippen LogP contribution is -2.28. The van der Waals surface area contributed by atoms with Crippen molar-refractivity contribution in [2.75, 3.05) is 7.05 Å². The fourth-order valence-corrected chi connectivity index (χ4v) is 3.61. The third kappa shape index (κ3) is 2.49. The quantitative estimate of drug-likeness (QED) is 0.865. The van der Waals surface area contributed by atoms with E-state index < -0.39 is 0 Å². The van der Waals surface area contributed by atoms with E-state index in [1.807, 2.05) is 0 Å². The van der Waals surface area contributed by atoms with Crippen LogP contribution in [0.5, 0.6) is 0 Å². The molecule has 3 rings (SSSR count). The summed E-state index contributed by atoms with van der Waals surface area (Å²) in [6.45, 7) is 4.49. The maximum absolute atomic E-state index is 6.17. The van der Waals surface area contributed by atoms with Crippen molar-refractivity contribution in [3.05, 3.63) is 35.6 Å². The van der Waals surface area contributed by atoms with Crippen LogP contribution in [-0.4, -0.2) is 7.05 Å². The number of hydrogen-bond donors (Lipinski definition) is 1. The van der Waals surface area contributed by atoms with Crippen molar-refractivity contribution < 1.29 is 4.42 Å². The summed E-state index contributed by atoms with van der Waals surface area (Å²) in [6.07, 6.45) is 5.32. The predicted octanol–water partition coefficient (Wildman–Crippen LogP) is 4.83. The standard InChI is InChI=1S/C18H25NO/c1-12-7-9-14(10-8-12)17(19-3)16-11-15-6-4-5-13(2)18(15)20-16/h4-6,11-12,14,17,19H,7-10H2,1-3H3. The van der Waals surface area contributed by atoms with E-state index in [2.05, 4.69) is 50.5 Å². The minimum absolute atomic E-state index is 0.356. The molecule has 1 unspecified atom stereocenters. The molecule has 0 saturated heterocycles. The zero-order valence-electron chi connectivity index (χ0n) is 12.8. The van der Waals surface area contributed by atoms with Crippen LogP contribution in [0.1, 0.15) is 50.0 Å². The molecule has 2 aromatic rings. The summed E-state index contributed by atoms with van der Waals surface area (Å²) < 4.78 is 6.17. The number of benzene rings is 1. The molecule has 0 bridgehead atoms. The smallest absolute Gasteiger partial charge is 0.137 e. The maximum atomic E-state index is 6.17. The molecule has 1 aliphatic carbocycles. The molecule has 1 saturated carbocycles. The zero-order chi connectivity index (χ0) is 14.1. The van der Waals surface area contributed by atoms with Crippen molar-refractivity contribution in [2.24, 2.45) is 11.8 Å². The van der Waals surface area contributed by atoms with Gasteiger partial charge in [0.2, 0.25) is 0 Å². The Hall–Kier alpha value is -1.28. The van der Waals surface area contributed by atoms with Gasteiger partial charge in [0.05, 0.1) is 6.04 Å². The zero-order valence-corrected chi connectivity index (χ0v) is 12.8. The molecular weight excluding hydrogens is 246 g/mol. The summed E-state index contributed by atoms with van der Waals surface area (Å²) in [7, 11) is 2.06. The summed E-state index contributed by atoms with van der Waals surface area (Å²) in [5, 5.41) is 4.72. The first-order valence-electron chi connectivity index (χ1n) is 7.85. The first-order chi connectivity index (χ1) is 9.69. The van der Waals surface area contributed by atoms with E-state index in [0.717, 1.165) is 17.3 Å². The first-order valence-corrected chi connectivity index (χ1v) is 7.85. The van der Waals surface area contributed by atoms with Crippen molar-refractivity contribution in [2.45, 2.75) is 45.6 Å². The Morgan fingerprint density at radius 1 is 1.20 bits per heavy atom. The van der Waals surface area contributed by atoms with Crippen LogP contribution in [0.4, 0.5) is 0 Å². The van der Waals surface area contributed by atoms with Gasteiger partial charge in [-0.25, -0.2) is 0 Å². The highest BCUT2D eigenvalue weighted by Gasteiger charge is 2.28. The number of para-hydroxylation sites is 1. The number of nitrogens with one attached hydrogen (secondary N) is 1. The van der Waals surface area contributed by atoms with Gasteiger partial charge in [-0.15, -0.1) is 0 Å². The molecule has 1 aliphatic rings. The van der Waals surface area contributed by atoms with Gasteiger partial charge in [-0.2, -0.15) is 0 Å². The largest absolute Gasteiger partial charge is 0.459 e. The molecule has 1 heterocycles. The van der Waals surface area contributed by atoms with Crippen molar-refractivity contribution in [1.29, 1.82) is 0 Å².